The van der Waals surface area contributed by atoms with Crippen LogP contribution in [0.1, 0.15) is 36.2 Å². The molecule has 0 aromatic heterocycles. The summed E-state index contributed by atoms with van der Waals surface area (Å²) in [5.41, 5.74) is 1.36. The third-order valence-corrected chi connectivity index (χ3v) is 4.94. The summed E-state index contributed by atoms with van der Waals surface area (Å²) in [5.74, 6) is 0.703. The number of benzene rings is 2. The Kier molecular flexibility index (Phi) is 7.27. The first-order valence-electron chi connectivity index (χ1n) is 10.2. The molecule has 3 rings (SSSR count). The van der Waals surface area contributed by atoms with Crippen LogP contribution in [0, 0.1) is 11.7 Å². The predicted molar refractivity (Wildman–Crippen MR) is 111 cm³/mol. The Morgan fingerprint density at radius 3 is 2.50 bits per heavy atom. The number of carbonyl (C=O) groups excluding carboxylic acids is 2. The molecule has 160 valence electrons. The smallest absolute Gasteiger partial charge is 0.251 e. The minimum atomic E-state index is -0.297. The number of hydrogen-bond acceptors (Lipinski definition) is 4. The first-order chi connectivity index (χ1) is 14.5. The summed E-state index contributed by atoms with van der Waals surface area (Å²) in [6.07, 6.45) is 0.384. The first-order valence-corrected chi connectivity index (χ1v) is 10.2. The van der Waals surface area contributed by atoms with Gasteiger partial charge in [0.2, 0.25) is 5.91 Å². The zero-order valence-electron chi connectivity index (χ0n) is 17.3. The highest BCUT2D eigenvalue weighted by Gasteiger charge is 2.29. The van der Waals surface area contributed by atoms with Crippen molar-refractivity contribution in [2.45, 2.75) is 26.8 Å². The van der Waals surface area contributed by atoms with E-state index in [1.165, 1.54) is 12.1 Å². The van der Waals surface area contributed by atoms with Crippen LogP contribution >= 0.6 is 0 Å². The highest BCUT2D eigenvalue weighted by atomic mass is 19.1. The number of carbonyl (C=O) groups is 2. The van der Waals surface area contributed by atoms with Crippen LogP contribution in [0.25, 0.3) is 0 Å². The number of hydrogen-bond donors (Lipinski definition) is 1. The zero-order valence-corrected chi connectivity index (χ0v) is 17.3. The van der Waals surface area contributed by atoms with Gasteiger partial charge in [-0.3, -0.25) is 9.59 Å². The monoisotopic (exact) mass is 414 g/mol. The summed E-state index contributed by atoms with van der Waals surface area (Å²) >= 11 is 0. The van der Waals surface area contributed by atoms with Gasteiger partial charge in [0.1, 0.15) is 5.82 Å². The molecule has 1 fully saturated rings. The molecule has 1 aliphatic rings. The summed E-state index contributed by atoms with van der Waals surface area (Å²) in [7, 11) is 0. The highest BCUT2D eigenvalue weighted by Crippen LogP contribution is 2.28. The van der Waals surface area contributed by atoms with Gasteiger partial charge >= 0.3 is 0 Å². The molecule has 1 unspecified atom stereocenters. The molecule has 0 saturated carbocycles. The summed E-state index contributed by atoms with van der Waals surface area (Å²) in [6.45, 7) is 6.15. The predicted octanol–water partition coefficient (Wildman–Crippen LogP) is 3.40. The topological polar surface area (TPSA) is 67.9 Å². The van der Waals surface area contributed by atoms with Crippen LogP contribution in [0.15, 0.2) is 42.5 Å². The lowest BCUT2D eigenvalue weighted by Gasteiger charge is -2.17. The van der Waals surface area contributed by atoms with E-state index < -0.39 is 0 Å². The number of rotatable bonds is 9. The van der Waals surface area contributed by atoms with Gasteiger partial charge in [-0.2, -0.15) is 0 Å². The van der Waals surface area contributed by atoms with Gasteiger partial charge in [0.05, 0.1) is 13.2 Å². The molecule has 1 aliphatic heterocycles. The fourth-order valence-corrected chi connectivity index (χ4v) is 3.49. The number of ether oxygens (including phenoxy) is 2. The van der Waals surface area contributed by atoms with Crippen LogP contribution in [-0.4, -0.2) is 43.0 Å². The fraction of sp³-hybridized carbons (Fsp3) is 0.391. The molecule has 2 amide bonds. The van der Waals surface area contributed by atoms with E-state index in [0.717, 1.165) is 5.56 Å². The molecule has 2 aromatic carbocycles. The van der Waals surface area contributed by atoms with Crippen molar-refractivity contribution in [3.8, 4) is 11.5 Å². The SMILES string of the molecule is CCOc1ccc(C(=O)NCC2CC(=O)N(Cc3ccc(F)cc3)C2)cc1OCC. The molecule has 2 aromatic rings. The van der Waals surface area contributed by atoms with Gasteiger partial charge in [-0.05, 0) is 49.7 Å². The summed E-state index contributed by atoms with van der Waals surface area (Å²) in [5, 5.41) is 2.91. The molecular formula is C23H27FN2O4. The van der Waals surface area contributed by atoms with Crippen molar-refractivity contribution in [2.75, 3.05) is 26.3 Å². The van der Waals surface area contributed by atoms with Crippen molar-refractivity contribution >= 4 is 11.8 Å². The molecule has 0 aliphatic carbocycles. The largest absolute Gasteiger partial charge is 0.490 e. The minimum Gasteiger partial charge on any atom is -0.490 e. The zero-order chi connectivity index (χ0) is 21.5. The fourth-order valence-electron chi connectivity index (χ4n) is 3.49. The molecule has 6 nitrogen and oxygen atoms in total. The molecule has 1 N–H and O–H groups in total. The van der Waals surface area contributed by atoms with E-state index >= 15 is 0 Å². The molecule has 7 heteroatoms. The number of amides is 2. The average molecular weight is 414 g/mol. The van der Waals surface area contributed by atoms with Crippen molar-refractivity contribution < 1.29 is 23.5 Å². The lowest BCUT2D eigenvalue weighted by Crippen LogP contribution is -2.31. The van der Waals surface area contributed by atoms with Crippen molar-refractivity contribution in [2.24, 2.45) is 5.92 Å². The second-order valence-corrected chi connectivity index (χ2v) is 7.21. The maximum absolute atomic E-state index is 13.0. The number of nitrogens with one attached hydrogen (secondary N) is 1. The van der Waals surface area contributed by atoms with Crippen LogP contribution in [0.2, 0.25) is 0 Å². The second kappa shape index (κ2) is 10.1. The van der Waals surface area contributed by atoms with Crippen molar-refractivity contribution in [1.82, 2.24) is 10.2 Å². The number of likely N-dealkylation sites (tertiary alicyclic amines) is 1. The number of halogens is 1. The minimum absolute atomic E-state index is 0.0379. The van der Waals surface area contributed by atoms with Crippen molar-refractivity contribution in [1.29, 1.82) is 0 Å². The van der Waals surface area contributed by atoms with Gasteiger partial charge in [0.25, 0.3) is 5.91 Å². The van der Waals surface area contributed by atoms with Crippen LogP contribution in [0.5, 0.6) is 11.5 Å². The van der Waals surface area contributed by atoms with E-state index in [9.17, 15) is 14.0 Å². The third-order valence-electron chi connectivity index (χ3n) is 4.94. The molecule has 0 spiro atoms. The Morgan fingerprint density at radius 2 is 1.80 bits per heavy atom. The first kappa shape index (κ1) is 21.6. The van der Waals surface area contributed by atoms with E-state index in [2.05, 4.69) is 5.32 Å². The van der Waals surface area contributed by atoms with Crippen molar-refractivity contribution in [3.05, 3.63) is 59.4 Å². The lowest BCUT2D eigenvalue weighted by molar-refractivity contribution is -0.128. The Labute approximate surface area is 176 Å². The average Bonchev–Trinajstić information content (AvgIpc) is 3.08. The van der Waals surface area contributed by atoms with E-state index in [-0.39, 0.29) is 23.5 Å². The molecule has 1 heterocycles. The third kappa shape index (κ3) is 5.49. The maximum Gasteiger partial charge on any atom is 0.251 e. The normalized spacial score (nSPS) is 15.9. The standard InChI is InChI=1S/C23H27FN2O4/c1-3-29-20-10-7-18(12-21(20)30-4-2)23(28)25-13-17-11-22(27)26(15-17)14-16-5-8-19(24)9-6-16/h5-10,12,17H,3-4,11,13-15H2,1-2H3,(H,25,28). The van der Waals surface area contributed by atoms with E-state index in [1.54, 1.807) is 35.2 Å². The van der Waals surface area contributed by atoms with Crippen LogP contribution in [-0.2, 0) is 11.3 Å². The van der Waals surface area contributed by atoms with Gasteiger partial charge in [-0.1, -0.05) is 12.1 Å². The van der Waals surface area contributed by atoms with Gasteiger partial charge in [0, 0.05) is 37.5 Å². The summed E-state index contributed by atoms with van der Waals surface area (Å²) in [4.78, 5) is 26.6. The molecule has 30 heavy (non-hydrogen) atoms. The Morgan fingerprint density at radius 1 is 1.10 bits per heavy atom. The Balaban J connectivity index is 1.55. The van der Waals surface area contributed by atoms with E-state index in [0.29, 0.717) is 56.3 Å². The molecular weight excluding hydrogens is 387 g/mol. The van der Waals surface area contributed by atoms with Gasteiger partial charge in [-0.25, -0.2) is 4.39 Å². The summed E-state index contributed by atoms with van der Waals surface area (Å²) in [6, 6.07) is 11.2. The van der Waals surface area contributed by atoms with Gasteiger partial charge < -0.3 is 19.7 Å². The maximum atomic E-state index is 13.0. The molecule has 1 atom stereocenters. The quantitative estimate of drug-likeness (QED) is 0.683. The van der Waals surface area contributed by atoms with Gasteiger partial charge in [-0.15, -0.1) is 0 Å². The lowest BCUT2D eigenvalue weighted by atomic mass is 10.1. The molecule has 0 radical (unpaired) electrons. The van der Waals surface area contributed by atoms with Crippen LogP contribution in [0.3, 0.4) is 0 Å². The summed E-state index contributed by atoms with van der Waals surface area (Å²) < 4.78 is 24.1. The van der Waals surface area contributed by atoms with E-state index in [1.807, 2.05) is 13.8 Å². The van der Waals surface area contributed by atoms with E-state index in [4.69, 9.17) is 9.47 Å². The Bertz CT molecular complexity index is 885. The number of nitrogens with zero attached hydrogens (tertiary/aromatic N) is 1. The Hall–Kier alpha value is -3.09. The highest BCUT2D eigenvalue weighted by molar-refractivity contribution is 5.95. The molecule has 0 bridgehead atoms. The van der Waals surface area contributed by atoms with Gasteiger partial charge in [0.15, 0.2) is 11.5 Å². The second-order valence-electron chi connectivity index (χ2n) is 7.21. The molecule has 1 saturated heterocycles. The van der Waals surface area contributed by atoms with Crippen LogP contribution < -0.4 is 14.8 Å². The van der Waals surface area contributed by atoms with Crippen LogP contribution in [0.4, 0.5) is 4.39 Å². The van der Waals surface area contributed by atoms with Crippen molar-refractivity contribution in [3.63, 3.8) is 0 Å².